The summed E-state index contributed by atoms with van der Waals surface area (Å²) in [6, 6.07) is 7.28. The number of piperazine rings is 1. The summed E-state index contributed by atoms with van der Waals surface area (Å²) in [6.45, 7) is 12.7. The molecule has 1 saturated carbocycles. The molecule has 1 aromatic rings. The summed E-state index contributed by atoms with van der Waals surface area (Å²) in [5.74, 6) is 0.361. The lowest BCUT2D eigenvalue weighted by molar-refractivity contribution is -0.134. The number of rotatable bonds is 9. The van der Waals surface area contributed by atoms with Crippen molar-refractivity contribution in [2.24, 2.45) is 11.8 Å². The molecule has 2 aliphatic rings. The van der Waals surface area contributed by atoms with Gasteiger partial charge in [-0.2, -0.15) is 0 Å². The van der Waals surface area contributed by atoms with Crippen LogP contribution in [0.5, 0.6) is 0 Å². The van der Waals surface area contributed by atoms with Crippen LogP contribution in [0, 0.1) is 11.8 Å². The first-order valence-electron chi connectivity index (χ1n) is 10.5. The average Bonchev–Trinajstić information content (AvgIpc) is 3.58. The molecule has 1 aromatic carbocycles. The van der Waals surface area contributed by atoms with Crippen LogP contribution in [0.2, 0.25) is 0 Å². The molecular weight excluding hydrogens is 378 g/mol. The van der Waals surface area contributed by atoms with E-state index in [0.717, 1.165) is 56.9 Å². The molecule has 2 fully saturated rings. The van der Waals surface area contributed by atoms with Gasteiger partial charge in [0, 0.05) is 50.9 Å². The Kier molecular flexibility index (Phi) is 7.46. The Balaban J connectivity index is 1.37. The van der Waals surface area contributed by atoms with Crippen LogP contribution in [0.1, 0.15) is 16.8 Å². The van der Waals surface area contributed by atoms with E-state index in [1.807, 2.05) is 29.2 Å². The van der Waals surface area contributed by atoms with E-state index in [2.05, 4.69) is 23.4 Å². The Hall–Kier alpha value is -2.86. The summed E-state index contributed by atoms with van der Waals surface area (Å²) in [4.78, 5) is 28.6. The molecule has 0 bridgehead atoms. The van der Waals surface area contributed by atoms with E-state index in [1.165, 1.54) is 7.11 Å². The van der Waals surface area contributed by atoms with Gasteiger partial charge in [0.15, 0.2) is 0 Å². The minimum atomic E-state index is -0.330. The molecule has 1 saturated heterocycles. The average molecular weight is 410 g/mol. The minimum absolute atomic E-state index is 0.107. The third-order valence-electron chi connectivity index (χ3n) is 5.83. The van der Waals surface area contributed by atoms with Crippen molar-refractivity contribution in [3.05, 3.63) is 66.8 Å². The van der Waals surface area contributed by atoms with Gasteiger partial charge in [-0.25, -0.2) is 4.79 Å². The number of nitrogens with one attached hydrogen (secondary N) is 1. The van der Waals surface area contributed by atoms with E-state index >= 15 is 0 Å². The largest absolute Gasteiger partial charge is 0.465 e. The molecule has 0 unspecified atom stereocenters. The second-order valence-corrected chi connectivity index (χ2v) is 7.72. The highest BCUT2D eigenvalue weighted by atomic mass is 16.5. The number of allylic oxidation sites excluding steroid dienone is 4. The molecule has 6 nitrogen and oxygen atoms in total. The number of esters is 1. The Morgan fingerprint density at radius 2 is 1.83 bits per heavy atom. The smallest absolute Gasteiger partial charge is 0.337 e. The molecular formula is C24H31N3O3. The predicted octanol–water partition coefficient (Wildman–Crippen LogP) is 2.96. The summed E-state index contributed by atoms with van der Waals surface area (Å²) < 4.78 is 4.71. The van der Waals surface area contributed by atoms with Gasteiger partial charge in [-0.3, -0.25) is 9.69 Å². The van der Waals surface area contributed by atoms with Crippen molar-refractivity contribution in [2.45, 2.75) is 6.42 Å². The number of nitrogens with zero attached hydrogens (tertiary/aromatic N) is 2. The molecule has 0 spiro atoms. The summed E-state index contributed by atoms with van der Waals surface area (Å²) >= 11 is 0. The molecule has 3 rings (SSSR count). The molecule has 2 atom stereocenters. The van der Waals surface area contributed by atoms with Crippen LogP contribution in [0.15, 0.2) is 61.2 Å². The number of benzene rings is 1. The zero-order chi connectivity index (χ0) is 21.5. The molecule has 6 heteroatoms. The highest BCUT2D eigenvalue weighted by Gasteiger charge is 2.46. The topological polar surface area (TPSA) is 61.9 Å². The van der Waals surface area contributed by atoms with Crippen LogP contribution in [-0.4, -0.2) is 68.1 Å². The van der Waals surface area contributed by atoms with Gasteiger partial charge < -0.3 is 15.0 Å². The zero-order valence-electron chi connectivity index (χ0n) is 17.7. The van der Waals surface area contributed by atoms with Crippen LogP contribution in [0.4, 0.5) is 5.69 Å². The summed E-state index contributed by atoms with van der Waals surface area (Å²) in [5.41, 5.74) is 2.64. The first-order valence-corrected chi connectivity index (χ1v) is 10.5. The summed E-state index contributed by atoms with van der Waals surface area (Å²) in [5, 5.41) is 3.38. The minimum Gasteiger partial charge on any atom is -0.465 e. The van der Waals surface area contributed by atoms with E-state index in [-0.39, 0.29) is 17.8 Å². The number of ether oxygens (including phenoxy) is 1. The number of carbonyl (C=O) groups is 2. The van der Waals surface area contributed by atoms with Crippen molar-refractivity contribution in [2.75, 3.05) is 51.7 Å². The Labute approximate surface area is 178 Å². The van der Waals surface area contributed by atoms with Crippen LogP contribution < -0.4 is 5.32 Å². The van der Waals surface area contributed by atoms with Gasteiger partial charge in [-0.15, -0.1) is 0 Å². The fourth-order valence-electron chi connectivity index (χ4n) is 3.94. The van der Waals surface area contributed by atoms with Crippen LogP contribution >= 0.6 is 0 Å². The van der Waals surface area contributed by atoms with Crippen LogP contribution in [0.3, 0.4) is 0 Å². The third-order valence-corrected chi connectivity index (χ3v) is 5.83. The lowest BCUT2D eigenvalue weighted by Gasteiger charge is -2.35. The predicted molar refractivity (Wildman–Crippen MR) is 119 cm³/mol. The third kappa shape index (κ3) is 5.39. The van der Waals surface area contributed by atoms with Crippen molar-refractivity contribution in [3.63, 3.8) is 0 Å². The monoisotopic (exact) mass is 409 g/mol. The maximum atomic E-state index is 12.8. The van der Waals surface area contributed by atoms with Gasteiger partial charge in [-0.1, -0.05) is 31.4 Å². The van der Waals surface area contributed by atoms with Crippen LogP contribution in [-0.2, 0) is 9.53 Å². The van der Waals surface area contributed by atoms with E-state index in [0.29, 0.717) is 11.5 Å². The van der Waals surface area contributed by atoms with Gasteiger partial charge in [0.25, 0.3) is 0 Å². The maximum absolute atomic E-state index is 12.8. The summed E-state index contributed by atoms with van der Waals surface area (Å²) in [6.07, 6.45) is 6.48. The first-order chi connectivity index (χ1) is 14.6. The standard InChI is InChI=1S/C24H31N3O3/c1-4-6-18(5-2)21-17-22(21)23(28)27-15-13-26(14-16-27)12-11-25-20-9-7-19(8-10-20)24(29)30-3/h4-10,21-22,25H,1-2,11-17H2,3H3/b18-6+/t21-,22+/m0/s1. The number of carbonyl (C=O) groups excluding carboxylic acids is 2. The Morgan fingerprint density at radius 1 is 1.13 bits per heavy atom. The van der Waals surface area contributed by atoms with E-state index in [4.69, 9.17) is 4.74 Å². The fraction of sp³-hybridized carbons (Fsp3) is 0.417. The van der Waals surface area contributed by atoms with Gasteiger partial charge in [0.2, 0.25) is 5.91 Å². The number of methoxy groups -OCH3 is 1. The molecule has 0 aromatic heterocycles. The second kappa shape index (κ2) is 10.3. The van der Waals surface area contributed by atoms with E-state index in [1.54, 1.807) is 18.2 Å². The molecule has 1 aliphatic heterocycles. The Morgan fingerprint density at radius 3 is 2.43 bits per heavy atom. The second-order valence-electron chi connectivity index (χ2n) is 7.72. The number of anilines is 1. The first kappa shape index (κ1) is 21.8. The number of hydrogen-bond donors (Lipinski definition) is 1. The van der Waals surface area contributed by atoms with E-state index in [9.17, 15) is 9.59 Å². The number of amides is 1. The van der Waals surface area contributed by atoms with Crippen molar-refractivity contribution < 1.29 is 14.3 Å². The highest BCUT2D eigenvalue weighted by molar-refractivity contribution is 5.89. The van der Waals surface area contributed by atoms with Crippen molar-refractivity contribution in [1.82, 2.24) is 9.80 Å². The maximum Gasteiger partial charge on any atom is 0.337 e. The summed E-state index contributed by atoms with van der Waals surface area (Å²) in [7, 11) is 1.38. The van der Waals surface area contributed by atoms with Crippen LogP contribution in [0.25, 0.3) is 0 Å². The normalized spacial score (nSPS) is 21.6. The molecule has 0 radical (unpaired) electrons. The quantitative estimate of drug-likeness (QED) is 0.502. The van der Waals surface area contributed by atoms with E-state index < -0.39 is 0 Å². The lowest BCUT2D eigenvalue weighted by atomic mass is 10.1. The van der Waals surface area contributed by atoms with Gasteiger partial charge in [0.1, 0.15) is 0 Å². The Bertz CT molecular complexity index is 807. The van der Waals surface area contributed by atoms with Crippen molar-refractivity contribution in [1.29, 1.82) is 0 Å². The number of hydrogen-bond acceptors (Lipinski definition) is 5. The molecule has 1 N–H and O–H groups in total. The highest BCUT2D eigenvalue weighted by Crippen LogP contribution is 2.45. The molecule has 30 heavy (non-hydrogen) atoms. The molecule has 1 heterocycles. The molecule has 1 amide bonds. The SMILES string of the molecule is C=C/C=C(\C=C)[C@@H]1C[C@H]1C(=O)N1CCN(CCNc2ccc(C(=O)OC)cc2)CC1. The zero-order valence-corrected chi connectivity index (χ0v) is 17.7. The molecule has 160 valence electrons. The van der Waals surface area contributed by atoms with Gasteiger partial charge >= 0.3 is 5.97 Å². The van der Waals surface area contributed by atoms with Crippen molar-refractivity contribution in [3.8, 4) is 0 Å². The molecule has 1 aliphatic carbocycles. The van der Waals surface area contributed by atoms with Gasteiger partial charge in [0.05, 0.1) is 12.7 Å². The van der Waals surface area contributed by atoms with Gasteiger partial charge in [-0.05, 0) is 42.2 Å². The fourth-order valence-corrected chi connectivity index (χ4v) is 3.94. The lowest BCUT2D eigenvalue weighted by Crippen LogP contribution is -2.50. The van der Waals surface area contributed by atoms with Crippen molar-refractivity contribution >= 4 is 17.6 Å².